The van der Waals surface area contributed by atoms with E-state index < -0.39 is 19.3 Å². The highest BCUT2D eigenvalue weighted by atomic mass is 35.5. The van der Waals surface area contributed by atoms with E-state index in [0.29, 0.717) is 34.1 Å². The predicted molar refractivity (Wildman–Crippen MR) is 162 cm³/mol. The van der Waals surface area contributed by atoms with Gasteiger partial charge in [-0.1, -0.05) is 78.9 Å². The van der Waals surface area contributed by atoms with Crippen LogP contribution >= 0.6 is 7.60 Å². The summed E-state index contributed by atoms with van der Waals surface area (Å²) < 4.78 is 33.1. The Labute approximate surface area is 255 Å². The topological polar surface area (TPSA) is 125 Å². The second-order valence-electron chi connectivity index (χ2n) is 9.21. The maximum atomic E-state index is 14.9. The standard InChI is InChI=1S/C33H28N3O5P.ClH/c34-31(35)24-20-22-25(23-21-24)33(36-32(37)29-18-10-11-19-30(29)39-26-12-4-1-5-13-26)42(38,40-27-14-6-2-7-15-27)41-28-16-8-3-9-17-28;/h1-23,33H,(H3,34,35)(H,36,37);1H. The third kappa shape index (κ3) is 7.83. The number of benzene rings is 5. The molecule has 218 valence electrons. The Morgan fingerprint density at radius 1 is 0.674 bits per heavy atom. The Bertz CT molecular complexity index is 1660. The molecule has 1 unspecified atom stereocenters. The lowest BCUT2D eigenvalue weighted by Gasteiger charge is -2.28. The van der Waals surface area contributed by atoms with Gasteiger partial charge >= 0.3 is 7.60 Å². The van der Waals surface area contributed by atoms with Crippen molar-refractivity contribution in [3.63, 3.8) is 0 Å². The lowest BCUT2D eigenvalue weighted by atomic mass is 10.1. The number of carbonyl (C=O) groups excluding carboxylic acids is 1. The molecule has 1 amide bonds. The molecule has 1 atom stereocenters. The monoisotopic (exact) mass is 613 g/mol. The minimum Gasteiger partial charge on any atom is -1.00 e. The van der Waals surface area contributed by atoms with Crippen LogP contribution in [-0.4, -0.2) is 11.7 Å². The first-order valence-corrected chi connectivity index (χ1v) is 14.7. The maximum Gasteiger partial charge on any atom is 0.457 e. The minimum absolute atomic E-state index is 0. The number of nitrogens with one attached hydrogen (secondary N) is 1. The summed E-state index contributed by atoms with van der Waals surface area (Å²) in [5.41, 5.74) is 7.03. The van der Waals surface area contributed by atoms with Crippen molar-refractivity contribution >= 4 is 19.3 Å². The molecule has 43 heavy (non-hydrogen) atoms. The summed E-state index contributed by atoms with van der Waals surface area (Å²) in [6.07, 6.45) is 0. The van der Waals surface area contributed by atoms with Crippen molar-refractivity contribution in [3.8, 4) is 23.0 Å². The van der Waals surface area contributed by atoms with Gasteiger partial charge in [0.1, 0.15) is 23.0 Å². The highest BCUT2D eigenvalue weighted by molar-refractivity contribution is 7.55. The SMILES string of the molecule is NC(=[NH2+])c1ccc(C(NC(=O)c2ccccc2Oc2ccccc2)P(=O)(Oc2ccccc2)Oc2ccccc2)cc1.[Cl-]. The molecule has 0 aliphatic rings. The first-order chi connectivity index (χ1) is 20.4. The molecule has 5 N–H and O–H groups in total. The average Bonchev–Trinajstić information content (AvgIpc) is 3.01. The number of hydrogen-bond donors (Lipinski definition) is 3. The van der Waals surface area contributed by atoms with Gasteiger partial charge in [0.15, 0.2) is 5.78 Å². The zero-order valence-electron chi connectivity index (χ0n) is 22.9. The highest BCUT2D eigenvalue weighted by Gasteiger charge is 2.42. The van der Waals surface area contributed by atoms with Gasteiger partial charge in [-0.3, -0.25) is 15.9 Å². The largest absolute Gasteiger partial charge is 1.00 e. The molecule has 5 aromatic carbocycles. The number of halogens is 1. The Morgan fingerprint density at radius 2 is 1.14 bits per heavy atom. The fourth-order valence-electron chi connectivity index (χ4n) is 4.14. The molecular weight excluding hydrogens is 585 g/mol. The summed E-state index contributed by atoms with van der Waals surface area (Å²) in [5, 5.41) is 8.68. The summed E-state index contributed by atoms with van der Waals surface area (Å²) in [4.78, 5) is 13.9. The van der Waals surface area contributed by atoms with E-state index in [0.717, 1.165) is 0 Å². The van der Waals surface area contributed by atoms with Crippen LogP contribution < -0.4 is 42.7 Å². The molecule has 0 saturated heterocycles. The molecule has 5 rings (SSSR count). The lowest BCUT2D eigenvalue weighted by molar-refractivity contribution is -0.114. The molecule has 10 heteroatoms. The molecule has 0 bridgehead atoms. The van der Waals surface area contributed by atoms with Gasteiger partial charge in [-0.25, -0.2) is 4.57 Å². The lowest BCUT2D eigenvalue weighted by Crippen LogP contribution is -3.00. The summed E-state index contributed by atoms with van der Waals surface area (Å²) in [7, 11) is -4.23. The number of rotatable bonds is 11. The van der Waals surface area contributed by atoms with Crippen LogP contribution in [0.1, 0.15) is 27.3 Å². The third-order valence-electron chi connectivity index (χ3n) is 6.20. The Hall–Kier alpha value is -5.04. The molecule has 0 radical (unpaired) electrons. The number of amidine groups is 1. The van der Waals surface area contributed by atoms with E-state index in [4.69, 9.17) is 24.9 Å². The van der Waals surface area contributed by atoms with Gasteiger partial charge in [0, 0.05) is 0 Å². The molecule has 0 aromatic heterocycles. The van der Waals surface area contributed by atoms with Crippen molar-refractivity contribution < 1.29 is 41.0 Å². The average molecular weight is 614 g/mol. The van der Waals surface area contributed by atoms with E-state index in [-0.39, 0.29) is 23.8 Å². The van der Waals surface area contributed by atoms with E-state index >= 15 is 0 Å². The second kappa shape index (κ2) is 14.2. The van der Waals surface area contributed by atoms with Crippen LogP contribution in [0.5, 0.6) is 23.0 Å². The number of nitrogens with two attached hydrogens (primary N) is 2. The van der Waals surface area contributed by atoms with Crippen LogP contribution in [0.15, 0.2) is 140 Å². The first-order valence-electron chi connectivity index (χ1n) is 13.1. The number of hydrogen-bond acceptors (Lipinski definition) is 5. The molecule has 0 heterocycles. The first kappa shape index (κ1) is 30.9. The van der Waals surface area contributed by atoms with Gasteiger partial charge in [-0.2, -0.15) is 0 Å². The van der Waals surface area contributed by atoms with Gasteiger partial charge < -0.3 is 31.5 Å². The van der Waals surface area contributed by atoms with E-state index in [1.54, 1.807) is 109 Å². The fourth-order valence-corrected chi connectivity index (χ4v) is 6.04. The summed E-state index contributed by atoms with van der Waals surface area (Å²) in [5.74, 6) is -0.176. The van der Waals surface area contributed by atoms with Crippen molar-refractivity contribution in [1.29, 1.82) is 0 Å². The van der Waals surface area contributed by atoms with Gasteiger partial charge in [-0.15, -0.1) is 0 Å². The normalized spacial score (nSPS) is 11.3. The molecule has 8 nitrogen and oxygen atoms in total. The van der Waals surface area contributed by atoms with Gasteiger partial charge in [0.25, 0.3) is 11.7 Å². The Balaban J connectivity index is 0.00000423. The van der Waals surface area contributed by atoms with Crippen molar-refractivity contribution in [3.05, 3.63) is 156 Å². The van der Waals surface area contributed by atoms with Crippen LogP contribution in [0.25, 0.3) is 0 Å². The molecule has 0 fully saturated rings. The number of ether oxygens (including phenoxy) is 1. The predicted octanol–water partition coefficient (Wildman–Crippen LogP) is 2.73. The zero-order valence-corrected chi connectivity index (χ0v) is 24.5. The quantitative estimate of drug-likeness (QED) is 0.120. The summed E-state index contributed by atoms with van der Waals surface area (Å²) in [6.45, 7) is 0. The fraction of sp³-hybridized carbons (Fsp3) is 0.0303. The smallest absolute Gasteiger partial charge is 0.457 e. The molecule has 5 aromatic rings. The molecule has 0 aliphatic heterocycles. The Morgan fingerprint density at radius 3 is 1.65 bits per heavy atom. The van der Waals surface area contributed by atoms with E-state index in [1.807, 2.05) is 30.3 Å². The third-order valence-corrected chi connectivity index (χ3v) is 8.19. The summed E-state index contributed by atoms with van der Waals surface area (Å²) in [6, 6.07) is 39.9. The van der Waals surface area contributed by atoms with Crippen LogP contribution in [0.3, 0.4) is 0 Å². The number of para-hydroxylation sites is 4. The van der Waals surface area contributed by atoms with Gasteiger partial charge in [0.05, 0.1) is 11.1 Å². The second-order valence-corrected chi connectivity index (χ2v) is 11.2. The molecule has 0 spiro atoms. The number of carbonyl (C=O) groups is 1. The molecule has 0 saturated carbocycles. The van der Waals surface area contributed by atoms with Crippen LogP contribution in [0, 0.1) is 0 Å². The van der Waals surface area contributed by atoms with Crippen LogP contribution in [-0.2, 0) is 4.57 Å². The number of amides is 1. The van der Waals surface area contributed by atoms with Crippen molar-refractivity contribution in [1.82, 2.24) is 5.32 Å². The maximum absolute atomic E-state index is 14.9. The molecular formula is C33H29ClN3O5P. The van der Waals surface area contributed by atoms with E-state index in [2.05, 4.69) is 5.32 Å². The van der Waals surface area contributed by atoms with Crippen LogP contribution in [0.4, 0.5) is 0 Å². The van der Waals surface area contributed by atoms with Crippen molar-refractivity contribution in [2.24, 2.45) is 5.73 Å². The Kier molecular flexibility index (Phi) is 10.2. The van der Waals surface area contributed by atoms with E-state index in [1.165, 1.54) is 0 Å². The van der Waals surface area contributed by atoms with E-state index in [9.17, 15) is 9.36 Å². The van der Waals surface area contributed by atoms with Crippen LogP contribution in [0.2, 0.25) is 0 Å². The highest BCUT2D eigenvalue weighted by Crippen LogP contribution is 2.59. The van der Waals surface area contributed by atoms with Gasteiger partial charge in [-0.05, 0) is 66.2 Å². The minimum atomic E-state index is -4.23. The molecule has 0 aliphatic carbocycles. The summed E-state index contributed by atoms with van der Waals surface area (Å²) >= 11 is 0. The zero-order chi connectivity index (χ0) is 29.4. The van der Waals surface area contributed by atoms with Crippen molar-refractivity contribution in [2.75, 3.05) is 0 Å². The van der Waals surface area contributed by atoms with Crippen molar-refractivity contribution in [2.45, 2.75) is 5.78 Å². The van der Waals surface area contributed by atoms with Gasteiger partial charge in [0.2, 0.25) is 0 Å².